The van der Waals surface area contributed by atoms with Crippen LogP contribution in [0.4, 0.5) is 0 Å². The molecule has 1 heterocycles. The van der Waals surface area contributed by atoms with Crippen molar-refractivity contribution >= 4 is 0 Å². The van der Waals surface area contributed by atoms with Crippen molar-refractivity contribution in [2.45, 2.75) is 39.7 Å². The molecule has 78 valence electrons. The van der Waals surface area contributed by atoms with Crippen LogP contribution in [0.15, 0.2) is 0 Å². The Kier molecular flexibility index (Phi) is 4.20. The van der Waals surface area contributed by atoms with Crippen molar-refractivity contribution in [1.29, 1.82) is 0 Å². The number of rotatable bonds is 5. The van der Waals surface area contributed by atoms with Crippen molar-refractivity contribution in [2.75, 3.05) is 19.6 Å². The van der Waals surface area contributed by atoms with E-state index in [4.69, 9.17) is 5.73 Å². The van der Waals surface area contributed by atoms with Crippen molar-refractivity contribution in [2.24, 2.45) is 17.6 Å². The molecule has 1 fully saturated rings. The molecule has 0 radical (unpaired) electrons. The first-order valence-corrected chi connectivity index (χ1v) is 5.63. The summed E-state index contributed by atoms with van der Waals surface area (Å²) in [5, 5.41) is 0. The molecule has 1 saturated heterocycles. The summed E-state index contributed by atoms with van der Waals surface area (Å²) in [5.41, 5.74) is 5.75. The van der Waals surface area contributed by atoms with Gasteiger partial charge in [0.15, 0.2) is 0 Å². The number of hydrogen-bond donors (Lipinski definition) is 1. The van der Waals surface area contributed by atoms with E-state index in [-0.39, 0.29) is 0 Å². The first kappa shape index (κ1) is 11.0. The van der Waals surface area contributed by atoms with E-state index in [2.05, 4.69) is 25.7 Å². The first-order valence-electron chi connectivity index (χ1n) is 5.63. The molecule has 1 aliphatic rings. The Balaban J connectivity index is 2.23. The van der Waals surface area contributed by atoms with Crippen LogP contribution < -0.4 is 5.73 Å². The smallest absolute Gasteiger partial charge is 0.0218 e. The molecule has 0 bridgehead atoms. The highest BCUT2D eigenvalue weighted by molar-refractivity contribution is 4.87. The molecule has 1 atom stereocenters. The van der Waals surface area contributed by atoms with Gasteiger partial charge in [0, 0.05) is 25.7 Å². The number of nitrogens with two attached hydrogens (primary N) is 1. The average Bonchev–Trinajstić information content (AvgIpc) is 1.99. The van der Waals surface area contributed by atoms with Gasteiger partial charge in [-0.05, 0) is 18.3 Å². The normalized spacial score (nSPS) is 21.9. The number of hydrogen-bond acceptors (Lipinski definition) is 2. The van der Waals surface area contributed by atoms with Gasteiger partial charge in [-0.2, -0.15) is 0 Å². The monoisotopic (exact) mass is 184 g/mol. The lowest BCUT2D eigenvalue weighted by molar-refractivity contribution is 0.0273. The van der Waals surface area contributed by atoms with Crippen molar-refractivity contribution < 1.29 is 0 Å². The largest absolute Gasteiger partial charge is 0.329 e. The third kappa shape index (κ3) is 2.68. The fourth-order valence-corrected chi connectivity index (χ4v) is 2.05. The Morgan fingerprint density at radius 1 is 1.38 bits per heavy atom. The molecule has 0 aromatic carbocycles. The van der Waals surface area contributed by atoms with Crippen LogP contribution in [0.3, 0.4) is 0 Å². The van der Waals surface area contributed by atoms with Crippen LogP contribution in [0.25, 0.3) is 0 Å². The summed E-state index contributed by atoms with van der Waals surface area (Å²) in [6, 6.07) is 0.653. The minimum absolute atomic E-state index is 0.653. The highest BCUT2D eigenvalue weighted by atomic mass is 15.2. The summed E-state index contributed by atoms with van der Waals surface area (Å²) in [6.07, 6.45) is 2.52. The van der Waals surface area contributed by atoms with Gasteiger partial charge in [0.25, 0.3) is 0 Å². The van der Waals surface area contributed by atoms with E-state index in [1.807, 2.05) is 0 Å². The molecule has 2 nitrogen and oxygen atoms in total. The maximum Gasteiger partial charge on any atom is 0.0218 e. The molecular formula is C11H24N2. The van der Waals surface area contributed by atoms with Crippen molar-refractivity contribution in [3.05, 3.63) is 0 Å². The number of likely N-dealkylation sites (tertiary alicyclic amines) is 1. The van der Waals surface area contributed by atoms with E-state index in [0.29, 0.717) is 6.04 Å². The second-order valence-electron chi connectivity index (χ2n) is 4.64. The summed E-state index contributed by atoms with van der Waals surface area (Å²) in [6.45, 7) is 10.3. The summed E-state index contributed by atoms with van der Waals surface area (Å²) < 4.78 is 0. The summed E-state index contributed by atoms with van der Waals surface area (Å²) in [5.74, 6) is 1.77. The Morgan fingerprint density at radius 2 is 2.00 bits per heavy atom. The van der Waals surface area contributed by atoms with Gasteiger partial charge in [0.2, 0.25) is 0 Å². The fourth-order valence-electron chi connectivity index (χ4n) is 2.05. The Labute approximate surface area is 82.5 Å². The highest BCUT2D eigenvalue weighted by Crippen LogP contribution is 2.26. The molecule has 1 aliphatic heterocycles. The lowest BCUT2D eigenvalue weighted by atomic mass is 9.86. The Hall–Kier alpha value is -0.0800. The molecule has 0 amide bonds. The zero-order valence-corrected chi connectivity index (χ0v) is 9.29. The molecule has 1 unspecified atom stereocenters. The van der Waals surface area contributed by atoms with Gasteiger partial charge in [-0.3, -0.25) is 4.90 Å². The van der Waals surface area contributed by atoms with E-state index in [0.717, 1.165) is 18.4 Å². The highest BCUT2D eigenvalue weighted by Gasteiger charge is 2.32. The molecule has 1 rings (SSSR count). The molecule has 2 N–H and O–H groups in total. The van der Waals surface area contributed by atoms with E-state index in [1.165, 1.54) is 25.9 Å². The molecule has 0 aromatic rings. The quantitative estimate of drug-likeness (QED) is 0.704. The van der Waals surface area contributed by atoms with E-state index in [9.17, 15) is 0 Å². The van der Waals surface area contributed by atoms with Gasteiger partial charge in [-0.25, -0.2) is 0 Å². The number of nitrogens with zero attached hydrogens (tertiary/aromatic N) is 1. The molecule has 2 heteroatoms. The van der Waals surface area contributed by atoms with E-state index in [1.54, 1.807) is 0 Å². The maximum atomic E-state index is 5.75. The first-order chi connectivity index (χ1) is 6.19. The van der Waals surface area contributed by atoms with Gasteiger partial charge < -0.3 is 5.73 Å². The zero-order chi connectivity index (χ0) is 9.84. The van der Waals surface area contributed by atoms with Gasteiger partial charge in [0.1, 0.15) is 0 Å². The molecule has 0 spiro atoms. The third-order valence-corrected chi connectivity index (χ3v) is 3.29. The van der Waals surface area contributed by atoms with Crippen molar-refractivity contribution in [3.63, 3.8) is 0 Å². The molecule has 0 aliphatic carbocycles. The van der Waals surface area contributed by atoms with Gasteiger partial charge in [0.05, 0.1) is 0 Å². The maximum absolute atomic E-state index is 5.75. The van der Waals surface area contributed by atoms with Crippen LogP contribution >= 0.6 is 0 Å². The second kappa shape index (κ2) is 4.97. The lowest BCUT2D eigenvalue weighted by Crippen LogP contribution is -2.55. The average molecular weight is 184 g/mol. The zero-order valence-electron chi connectivity index (χ0n) is 9.29. The lowest BCUT2D eigenvalue weighted by Gasteiger charge is -2.46. The predicted octanol–water partition coefficient (Wildman–Crippen LogP) is 1.70. The molecule has 13 heavy (non-hydrogen) atoms. The standard InChI is InChI=1S/C11H24N2/c1-4-5-11(6-12)13-7-10(8-13)9(2)3/h9-11H,4-8,12H2,1-3H3. The van der Waals surface area contributed by atoms with Crippen LogP contribution in [0.5, 0.6) is 0 Å². The topological polar surface area (TPSA) is 29.3 Å². The summed E-state index contributed by atoms with van der Waals surface area (Å²) in [7, 11) is 0. The van der Waals surface area contributed by atoms with Crippen molar-refractivity contribution in [1.82, 2.24) is 4.90 Å². The van der Waals surface area contributed by atoms with Crippen LogP contribution in [0.1, 0.15) is 33.6 Å². The second-order valence-corrected chi connectivity index (χ2v) is 4.64. The third-order valence-electron chi connectivity index (χ3n) is 3.29. The molecular weight excluding hydrogens is 160 g/mol. The van der Waals surface area contributed by atoms with E-state index < -0.39 is 0 Å². The summed E-state index contributed by atoms with van der Waals surface area (Å²) in [4.78, 5) is 2.55. The van der Waals surface area contributed by atoms with Gasteiger partial charge in [-0.15, -0.1) is 0 Å². The minimum Gasteiger partial charge on any atom is -0.329 e. The molecule has 0 aromatic heterocycles. The SMILES string of the molecule is CCCC(CN)N1CC(C(C)C)C1. The predicted molar refractivity (Wildman–Crippen MR) is 57.7 cm³/mol. The minimum atomic E-state index is 0.653. The fraction of sp³-hybridized carbons (Fsp3) is 1.00. The van der Waals surface area contributed by atoms with Crippen LogP contribution in [-0.2, 0) is 0 Å². The molecule has 0 saturated carbocycles. The van der Waals surface area contributed by atoms with E-state index >= 15 is 0 Å². The van der Waals surface area contributed by atoms with Crippen LogP contribution in [0.2, 0.25) is 0 Å². The van der Waals surface area contributed by atoms with Gasteiger partial charge >= 0.3 is 0 Å². The Morgan fingerprint density at radius 3 is 2.38 bits per heavy atom. The van der Waals surface area contributed by atoms with Crippen LogP contribution in [-0.4, -0.2) is 30.6 Å². The van der Waals surface area contributed by atoms with Gasteiger partial charge in [-0.1, -0.05) is 27.2 Å². The van der Waals surface area contributed by atoms with Crippen LogP contribution in [0, 0.1) is 11.8 Å². The van der Waals surface area contributed by atoms with Crippen molar-refractivity contribution in [3.8, 4) is 0 Å². The summed E-state index contributed by atoms with van der Waals surface area (Å²) >= 11 is 0. The Bertz CT molecular complexity index is 139.